The summed E-state index contributed by atoms with van der Waals surface area (Å²) in [5.41, 5.74) is 10.2. The van der Waals surface area contributed by atoms with Crippen molar-refractivity contribution >= 4 is 33.7 Å². The van der Waals surface area contributed by atoms with E-state index >= 15 is 0 Å². The molecule has 0 saturated heterocycles. The first kappa shape index (κ1) is 22.2. The molecular formula is C27H26N6O3. The molecule has 9 nitrogen and oxygen atoms in total. The molecule has 36 heavy (non-hydrogen) atoms. The molecule has 0 spiro atoms. The van der Waals surface area contributed by atoms with Crippen LogP contribution in [0.3, 0.4) is 0 Å². The van der Waals surface area contributed by atoms with Gasteiger partial charge in [-0.1, -0.05) is 42.5 Å². The van der Waals surface area contributed by atoms with Gasteiger partial charge in [0, 0.05) is 17.5 Å². The van der Waals surface area contributed by atoms with Crippen LogP contribution in [0.25, 0.3) is 33.3 Å². The van der Waals surface area contributed by atoms with Crippen LogP contribution in [0.2, 0.25) is 0 Å². The average molecular weight is 483 g/mol. The summed E-state index contributed by atoms with van der Waals surface area (Å²) in [5.74, 6) is 0.414. The average Bonchev–Trinajstić information content (AvgIpc) is 3.51. The second-order valence-electron chi connectivity index (χ2n) is 9.24. The van der Waals surface area contributed by atoms with E-state index in [0.29, 0.717) is 23.6 Å². The molecule has 1 saturated carbocycles. The molecule has 1 fully saturated rings. The summed E-state index contributed by atoms with van der Waals surface area (Å²) in [6.45, 7) is 0.362. The fourth-order valence-electron chi connectivity index (χ4n) is 4.90. The van der Waals surface area contributed by atoms with Gasteiger partial charge < -0.3 is 20.6 Å². The van der Waals surface area contributed by atoms with Gasteiger partial charge in [-0.3, -0.25) is 4.79 Å². The Balaban J connectivity index is 1.22. The van der Waals surface area contributed by atoms with E-state index in [9.17, 15) is 9.90 Å². The van der Waals surface area contributed by atoms with Crippen molar-refractivity contribution in [1.29, 1.82) is 0 Å². The van der Waals surface area contributed by atoms with Crippen molar-refractivity contribution in [2.45, 2.75) is 44.4 Å². The molecule has 0 radical (unpaired) electrons. The molecule has 3 heterocycles. The topological polar surface area (TPSA) is 132 Å². The minimum absolute atomic E-state index is 0.159. The monoisotopic (exact) mass is 482 g/mol. The molecule has 1 aliphatic carbocycles. The van der Waals surface area contributed by atoms with Crippen LogP contribution in [0, 0.1) is 0 Å². The summed E-state index contributed by atoms with van der Waals surface area (Å²) in [7, 11) is 0. The zero-order valence-electron chi connectivity index (χ0n) is 19.6. The summed E-state index contributed by atoms with van der Waals surface area (Å²) >= 11 is 0. The zero-order chi connectivity index (χ0) is 24.6. The standard InChI is InChI=1S/C27H26N6O3/c28-25-23-24(32-33(26(23)31-15-30-25)19-9-11-20(34)12-10-19)17-7-5-16(6-8-17)14-29-27(35)22-13-18-3-1-2-4-21(18)36-22/h1-8,13,15,19-20,34H,9-12,14H2,(H,29,35)(H2,28,30,31). The van der Waals surface area contributed by atoms with Crippen LogP contribution in [0.1, 0.15) is 47.8 Å². The van der Waals surface area contributed by atoms with E-state index in [2.05, 4.69) is 15.3 Å². The third-order valence-corrected chi connectivity index (χ3v) is 6.86. The highest BCUT2D eigenvalue weighted by molar-refractivity contribution is 5.98. The van der Waals surface area contributed by atoms with Gasteiger partial charge in [0.25, 0.3) is 5.91 Å². The first-order chi connectivity index (χ1) is 17.6. The van der Waals surface area contributed by atoms with Gasteiger partial charge in [0.15, 0.2) is 11.4 Å². The molecular weight excluding hydrogens is 456 g/mol. The second kappa shape index (κ2) is 9.09. The molecule has 0 unspecified atom stereocenters. The quantitative estimate of drug-likeness (QED) is 0.341. The van der Waals surface area contributed by atoms with Gasteiger partial charge in [0.05, 0.1) is 17.5 Å². The van der Waals surface area contributed by atoms with Crippen molar-refractivity contribution < 1.29 is 14.3 Å². The lowest BCUT2D eigenvalue weighted by Crippen LogP contribution is -2.22. The molecule has 6 rings (SSSR count). The molecule has 5 aromatic rings. The van der Waals surface area contributed by atoms with Crippen molar-refractivity contribution in [1.82, 2.24) is 25.1 Å². The molecule has 2 aromatic carbocycles. The van der Waals surface area contributed by atoms with E-state index < -0.39 is 0 Å². The van der Waals surface area contributed by atoms with Crippen LogP contribution in [-0.2, 0) is 6.54 Å². The van der Waals surface area contributed by atoms with Crippen LogP contribution in [0.5, 0.6) is 0 Å². The number of hydrogen-bond acceptors (Lipinski definition) is 7. The van der Waals surface area contributed by atoms with Crippen molar-refractivity contribution in [3.05, 3.63) is 72.2 Å². The lowest BCUT2D eigenvalue weighted by molar-refractivity contribution is 0.0925. The second-order valence-corrected chi connectivity index (χ2v) is 9.24. The molecule has 0 bridgehead atoms. The first-order valence-electron chi connectivity index (χ1n) is 12.1. The number of nitrogens with zero attached hydrogens (tertiary/aromatic N) is 4. The Morgan fingerprint density at radius 3 is 2.64 bits per heavy atom. The van der Waals surface area contributed by atoms with Crippen LogP contribution < -0.4 is 11.1 Å². The van der Waals surface area contributed by atoms with Gasteiger partial charge in [-0.15, -0.1) is 0 Å². The number of aromatic nitrogens is 4. The molecule has 0 aliphatic heterocycles. The third-order valence-electron chi connectivity index (χ3n) is 6.86. The Hall–Kier alpha value is -4.24. The predicted molar refractivity (Wildman–Crippen MR) is 136 cm³/mol. The van der Waals surface area contributed by atoms with Crippen LogP contribution >= 0.6 is 0 Å². The van der Waals surface area contributed by atoms with Crippen LogP contribution in [0.4, 0.5) is 5.82 Å². The van der Waals surface area contributed by atoms with E-state index in [-0.39, 0.29) is 23.8 Å². The highest BCUT2D eigenvalue weighted by Crippen LogP contribution is 2.36. The number of amides is 1. The molecule has 3 aromatic heterocycles. The number of carbonyl (C=O) groups excluding carboxylic acids is 1. The minimum atomic E-state index is -0.262. The first-order valence-corrected chi connectivity index (χ1v) is 12.1. The lowest BCUT2D eigenvalue weighted by atomic mass is 9.93. The van der Waals surface area contributed by atoms with Crippen LogP contribution in [-0.4, -0.2) is 36.9 Å². The van der Waals surface area contributed by atoms with E-state index in [1.807, 2.05) is 53.2 Å². The molecule has 4 N–H and O–H groups in total. The van der Waals surface area contributed by atoms with Crippen molar-refractivity contribution in [2.24, 2.45) is 0 Å². The largest absolute Gasteiger partial charge is 0.451 e. The number of aliphatic hydroxyl groups excluding tert-OH is 1. The number of nitrogens with one attached hydrogen (secondary N) is 1. The number of fused-ring (bicyclic) bond motifs is 2. The fraction of sp³-hybridized carbons (Fsp3) is 0.259. The minimum Gasteiger partial charge on any atom is -0.451 e. The summed E-state index contributed by atoms with van der Waals surface area (Å²) in [5, 5.41) is 19.4. The number of nitrogens with two attached hydrogens (primary N) is 1. The number of rotatable bonds is 5. The van der Waals surface area contributed by atoms with Gasteiger partial charge in [-0.25, -0.2) is 14.6 Å². The Morgan fingerprint density at radius 1 is 1.08 bits per heavy atom. The van der Waals surface area contributed by atoms with Gasteiger partial charge >= 0.3 is 0 Å². The number of furan rings is 1. The number of benzene rings is 2. The molecule has 1 aliphatic rings. The molecule has 0 atom stereocenters. The number of carbonyl (C=O) groups is 1. The van der Waals surface area contributed by atoms with E-state index in [4.69, 9.17) is 15.2 Å². The number of nitrogen functional groups attached to an aromatic ring is 1. The number of anilines is 1. The maximum absolute atomic E-state index is 12.6. The Labute approximate surface area is 207 Å². The van der Waals surface area contributed by atoms with Gasteiger partial charge in [0.2, 0.25) is 0 Å². The zero-order valence-corrected chi connectivity index (χ0v) is 19.6. The fourth-order valence-corrected chi connectivity index (χ4v) is 4.90. The van der Waals surface area contributed by atoms with Gasteiger partial charge in [0.1, 0.15) is 23.4 Å². The predicted octanol–water partition coefficient (Wildman–Crippen LogP) is 4.23. The summed E-state index contributed by atoms with van der Waals surface area (Å²) < 4.78 is 7.59. The summed E-state index contributed by atoms with van der Waals surface area (Å²) in [6.07, 6.45) is 4.39. The smallest absolute Gasteiger partial charge is 0.287 e. The van der Waals surface area contributed by atoms with Gasteiger partial charge in [-0.05, 0) is 43.4 Å². The normalized spacial score (nSPS) is 18.0. The number of para-hydroxylation sites is 1. The highest BCUT2D eigenvalue weighted by Gasteiger charge is 2.26. The maximum Gasteiger partial charge on any atom is 0.287 e. The highest BCUT2D eigenvalue weighted by atomic mass is 16.3. The van der Waals surface area contributed by atoms with Crippen LogP contribution in [0.15, 0.2) is 65.3 Å². The van der Waals surface area contributed by atoms with Crippen molar-refractivity contribution in [2.75, 3.05) is 5.73 Å². The van der Waals surface area contributed by atoms with Crippen molar-refractivity contribution in [3.63, 3.8) is 0 Å². The van der Waals surface area contributed by atoms with E-state index in [0.717, 1.165) is 53.3 Å². The molecule has 1 amide bonds. The third kappa shape index (κ3) is 4.07. The number of hydrogen-bond donors (Lipinski definition) is 3. The van der Waals surface area contributed by atoms with E-state index in [1.54, 1.807) is 6.07 Å². The van der Waals surface area contributed by atoms with Crippen molar-refractivity contribution in [3.8, 4) is 11.3 Å². The summed E-state index contributed by atoms with van der Waals surface area (Å²) in [4.78, 5) is 21.2. The SMILES string of the molecule is Nc1ncnc2c1c(-c1ccc(CNC(=O)c3cc4ccccc4o3)cc1)nn2C1CCC(O)CC1. The maximum atomic E-state index is 12.6. The van der Waals surface area contributed by atoms with Gasteiger partial charge in [-0.2, -0.15) is 5.10 Å². The molecule has 182 valence electrons. The Morgan fingerprint density at radius 2 is 1.86 bits per heavy atom. The Kier molecular flexibility index (Phi) is 5.61. The Bertz CT molecular complexity index is 1510. The summed E-state index contributed by atoms with van der Waals surface area (Å²) in [6, 6.07) is 17.3. The molecule has 9 heteroatoms. The number of aliphatic hydroxyl groups is 1. The van der Waals surface area contributed by atoms with E-state index in [1.165, 1.54) is 6.33 Å². The lowest BCUT2D eigenvalue weighted by Gasteiger charge is -2.25.